The molecule has 0 saturated carbocycles. The number of anilines is 1. The lowest BCUT2D eigenvalue weighted by molar-refractivity contribution is -0.135. The van der Waals surface area contributed by atoms with Crippen molar-refractivity contribution in [1.82, 2.24) is 14.9 Å². The highest BCUT2D eigenvalue weighted by Crippen LogP contribution is 2.30. The van der Waals surface area contributed by atoms with Gasteiger partial charge in [0.1, 0.15) is 5.75 Å². The lowest BCUT2D eigenvalue weighted by Gasteiger charge is -2.34. The third kappa shape index (κ3) is 4.79. The summed E-state index contributed by atoms with van der Waals surface area (Å²) in [5, 5.41) is 2.30. The molecule has 2 aromatic carbocycles. The van der Waals surface area contributed by atoms with Gasteiger partial charge >= 0.3 is 0 Å². The number of amides is 1. The summed E-state index contributed by atoms with van der Waals surface area (Å²) in [4.78, 5) is 26.0. The minimum atomic E-state index is -0.0578. The summed E-state index contributed by atoms with van der Waals surface area (Å²) in [5.41, 5.74) is 1.07. The fourth-order valence-electron chi connectivity index (χ4n) is 4.27. The molecule has 1 aliphatic rings. The van der Waals surface area contributed by atoms with E-state index in [1.807, 2.05) is 36.2 Å². The Balaban J connectivity index is 1.53. The molecule has 4 rings (SSSR count). The highest BCUT2D eigenvalue weighted by molar-refractivity contribution is 5.88. The van der Waals surface area contributed by atoms with Crippen molar-refractivity contribution < 1.29 is 9.53 Å². The van der Waals surface area contributed by atoms with Crippen LogP contribution >= 0.6 is 0 Å². The van der Waals surface area contributed by atoms with Crippen molar-refractivity contribution in [3.05, 3.63) is 60.4 Å². The van der Waals surface area contributed by atoms with E-state index in [1.54, 1.807) is 12.4 Å². The maximum Gasteiger partial charge on any atom is 0.227 e. The van der Waals surface area contributed by atoms with E-state index in [9.17, 15) is 4.79 Å². The second-order valence-corrected chi connectivity index (χ2v) is 8.14. The minimum absolute atomic E-state index is 0.0578. The monoisotopic (exact) mass is 418 g/mol. The van der Waals surface area contributed by atoms with Crippen LogP contribution < -0.4 is 9.64 Å². The van der Waals surface area contributed by atoms with Crippen LogP contribution in [0.2, 0.25) is 0 Å². The number of fused-ring (bicyclic) bond motifs is 1. The van der Waals surface area contributed by atoms with Crippen molar-refractivity contribution in [1.29, 1.82) is 0 Å². The maximum atomic E-state index is 13.4. The number of benzene rings is 2. The third-order valence-electron chi connectivity index (χ3n) is 5.84. The van der Waals surface area contributed by atoms with E-state index >= 15 is 0 Å². The van der Waals surface area contributed by atoms with Crippen LogP contribution in [0.5, 0.6) is 5.75 Å². The zero-order valence-electron chi connectivity index (χ0n) is 18.3. The maximum absolute atomic E-state index is 13.4. The Labute approximate surface area is 183 Å². The van der Waals surface area contributed by atoms with Gasteiger partial charge < -0.3 is 14.5 Å². The molecule has 1 aromatic heterocycles. The number of nitrogens with zero attached hydrogens (tertiary/aromatic N) is 4. The van der Waals surface area contributed by atoms with Crippen LogP contribution in [0, 0.1) is 5.92 Å². The number of piperidine rings is 1. The molecule has 0 unspecified atom stereocenters. The van der Waals surface area contributed by atoms with Crippen LogP contribution in [0.3, 0.4) is 0 Å². The molecule has 31 heavy (non-hydrogen) atoms. The molecule has 3 aromatic rings. The number of carbonyl (C=O) groups is 1. The molecule has 1 amide bonds. The zero-order chi connectivity index (χ0) is 21.6. The highest BCUT2D eigenvalue weighted by atomic mass is 16.5. The number of hydrogen-bond donors (Lipinski definition) is 0. The first-order valence-electron chi connectivity index (χ1n) is 11.1. The molecule has 1 saturated heterocycles. The van der Waals surface area contributed by atoms with Gasteiger partial charge in [0.2, 0.25) is 11.9 Å². The first-order valence-corrected chi connectivity index (χ1v) is 11.1. The van der Waals surface area contributed by atoms with Gasteiger partial charge in [-0.1, -0.05) is 37.3 Å². The fourth-order valence-corrected chi connectivity index (χ4v) is 4.27. The van der Waals surface area contributed by atoms with Crippen molar-refractivity contribution in [3.63, 3.8) is 0 Å². The first kappa shape index (κ1) is 21.1. The van der Waals surface area contributed by atoms with E-state index in [4.69, 9.17) is 4.74 Å². The molecule has 6 heteroatoms. The predicted molar refractivity (Wildman–Crippen MR) is 123 cm³/mol. The second kappa shape index (κ2) is 9.77. The number of ether oxygens (including phenoxy) is 1. The van der Waals surface area contributed by atoms with Gasteiger partial charge in [-0.2, -0.15) is 0 Å². The van der Waals surface area contributed by atoms with Gasteiger partial charge in [-0.25, -0.2) is 9.97 Å². The van der Waals surface area contributed by atoms with Crippen molar-refractivity contribution in [2.75, 3.05) is 31.6 Å². The lowest BCUT2D eigenvalue weighted by atomic mass is 9.96. The second-order valence-electron chi connectivity index (χ2n) is 8.14. The first-order chi connectivity index (χ1) is 15.2. The molecule has 0 spiro atoms. The Bertz CT molecular complexity index is 1020. The Morgan fingerprint density at radius 2 is 1.97 bits per heavy atom. The number of aromatic nitrogens is 2. The van der Waals surface area contributed by atoms with Crippen LogP contribution in [0.25, 0.3) is 10.8 Å². The van der Waals surface area contributed by atoms with E-state index in [-0.39, 0.29) is 11.8 Å². The van der Waals surface area contributed by atoms with Gasteiger partial charge in [0, 0.05) is 44.6 Å². The van der Waals surface area contributed by atoms with E-state index in [0.29, 0.717) is 25.6 Å². The molecule has 1 atom stereocenters. The van der Waals surface area contributed by atoms with E-state index in [2.05, 4.69) is 40.0 Å². The molecule has 0 N–H and O–H groups in total. The Morgan fingerprint density at radius 1 is 1.16 bits per heavy atom. The Morgan fingerprint density at radius 3 is 2.77 bits per heavy atom. The minimum Gasteiger partial charge on any atom is -0.493 e. The average molecular weight is 419 g/mol. The van der Waals surface area contributed by atoms with Gasteiger partial charge in [0.25, 0.3) is 0 Å². The van der Waals surface area contributed by atoms with Crippen LogP contribution in [-0.2, 0) is 11.3 Å². The van der Waals surface area contributed by atoms with Crippen LogP contribution in [0.15, 0.2) is 54.9 Å². The lowest BCUT2D eigenvalue weighted by Crippen LogP contribution is -2.44. The number of rotatable bonds is 7. The SMILES string of the molecule is CCCOc1ccc2ccccc2c1CN(C)C(=O)[C@H]1CCCN(c2ncccn2)C1. The van der Waals surface area contributed by atoms with Crippen LogP contribution in [-0.4, -0.2) is 47.5 Å². The van der Waals surface area contributed by atoms with Crippen molar-refractivity contribution in [2.24, 2.45) is 5.92 Å². The van der Waals surface area contributed by atoms with Gasteiger partial charge in [0.15, 0.2) is 0 Å². The summed E-state index contributed by atoms with van der Waals surface area (Å²) < 4.78 is 6.03. The summed E-state index contributed by atoms with van der Waals surface area (Å²) in [6.07, 6.45) is 6.29. The molecule has 6 nitrogen and oxygen atoms in total. The molecular formula is C25H30N4O2. The smallest absolute Gasteiger partial charge is 0.227 e. The molecule has 2 heterocycles. The molecule has 1 aliphatic heterocycles. The van der Waals surface area contributed by atoms with Crippen LogP contribution in [0.1, 0.15) is 31.7 Å². The van der Waals surface area contributed by atoms with Crippen molar-refractivity contribution in [3.8, 4) is 5.75 Å². The number of hydrogen-bond acceptors (Lipinski definition) is 5. The summed E-state index contributed by atoms with van der Waals surface area (Å²) in [7, 11) is 1.89. The predicted octanol–water partition coefficient (Wildman–Crippen LogP) is 4.29. The third-order valence-corrected chi connectivity index (χ3v) is 5.84. The highest BCUT2D eigenvalue weighted by Gasteiger charge is 2.29. The summed E-state index contributed by atoms with van der Waals surface area (Å²) >= 11 is 0. The van der Waals surface area contributed by atoms with Gasteiger partial charge in [0.05, 0.1) is 12.5 Å². The molecule has 1 fully saturated rings. The van der Waals surface area contributed by atoms with E-state index in [1.165, 1.54) is 0 Å². The number of carbonyl (C=O) groups excluding carboxylic acids is 1. The van der Waals surface area contributed by atoms with Crippen molar-refractivity contribution in [2.45, 2.75) is 32.7 Å². The molecular weight excluding hydrogens is 388 g/mol. The Kier molecular flexibility index (Phi) is 6.65. The quantitative estimate of drug-likeness (QED) is 0.573. The summed E-state index contributed by atoms with van der Waals surface area (Å²) in [6.45, 7) is 4.83. The molecule has 0 bridgehead atoms. The van der Waals surface area contributed by atoms with E-state index < -0.39 is 0 Å². The molecule has 0 aliphatic carbocycles. The van der Waals surface area contributed by atoms with Gasteiger partial charge in [-0.05, 0) is 42.2 Å². The topological polar surface area (TPSA) is 58.6 Å². The van der Waals surface area contributed by atoms with Crippen molar-refractivity contribution >= 4 is 22.6 Å². The fraction of sp³-hybridized carbons (Fsp3) is 0.400. The molecule has 162 valence electrons. The van der Waals surface area contributed by atoms with E-state index in [0.717, 1.165) is 47.9 Å². The summed E-state index contributed by atoms with van der Waals surface area (Å²) in [5.74, 6) is 1.67. The normalized spacial score (nSPS) is 16.3. The van der Waals surface area contributed by atoms with Gasteiger partial charge in [-0.3, -0.25) is 4.79 Å². The average Bonchev–Trinajstić information content (AvgIpc) is 2.83. The Hall–Kier alpha value is -3.15. The van der Waals surface area contributed by atoms with Crippen LogP contribution in [0.4, 0.5) is 5.95 Å². The standard InChI is InChI=1S/C25H30N4O2/c1-3-16-31-23-12-11-19-8-4-5-10-21(19)22(23)18-28(2)24(30)20-9-6-15-29(17-20)25-26-13-7-14-27-25/h4-5,7-8,10-14,20H,3,6,9,15-18H2,1-2H3/t20-/m0/s1. The summed E-state index contributed by atoms with van der Waals surface area (Å²) in [6, 6.07) is 14.2. The van der Waals surface area contributed by atoms with Gasteiger partial charge in [-0.15, -0.1) is 0 Å². The zero-order valence-corrected chi connectivity index (χ0v) is 18.3. The largest absolute Gasteiger partial charge is 0.493 e. The molecule has 0 radical (unpaired) electrons.